The summed E-state index contributed by atoms with van der Waals surface area (Å²) in [6.07, 6.45) is 6.42. The van der Waals surface area contributed by atoms with Crippen LogP contribution in [0.1, 0.15) is 46.5 Å². The molecule has 0 amide bonds. The van der Waals surface area contributed by atoms with Crippen molar-refractivity contribution in [1.82, 2.24) is 5.06 Å². The molecule has 6 unspecified atom stereocenters. The number of hydroxylamine groups is 2. The summed E-state index contributed by atoms with van der Waals surface area (Å²) in [5.41, 5.74) is 0.183. The number of nitrogens with zero attached hydrogens (tertiary/aromatic N) is 1. The van der Waals surface area contributed by atoms with Crippen LogP contribution in [0.15, 0.2) is 0 Å². The molecule has 3 saturated carbocycles. The van der Waals surface area contributed by atoms with Crippen LogP contribution in [0.3, 0.4) is 0 Å². The van der Waals surface area contributed by atoms with Gasteiger partial charge in [0, 0.05) is 17.5 Å². The normalized spacial score (nSPS) is 54.9. The molecule has 1 aliphatic heterocycles. The minimum absolute atomic E-state index is 0.183. The third kappa shape index (κ3) is 1.10. The second-order valence-electron chi connectivity index (χ2n) is 7.54. The van der Waals surface area contributed by atoms with E-state index in [1.54, 1.807) is 0 Å². The van der Waals surface area contributed by atoms with Crippen molar-refractivity contribution in [3.05, 3.63) is 0 Å². The van der Waals surface area contributed by atoms with Gasteiger partial charge in [0.2, 0.25) is 0 Å². The van der Waals surface area contributed by atoms with Crippen molar-refractivity contribution in [3.8, 4) is 0 Å². The van der Waals surface area contributed by atoms with E-state index in [-0.39, 0.29) is 5.54 Å². The minimum Gasteiger partial charge on any atom is -0.295 e. The third-order valence-electron chi connectivity index (χ3n) is 5.48. The lowest BCUT2D eigenvalue weighted by Gasteiger charge is -2.41. The van der Waals surface area contributed by atoms with Gasteiger partial charge in [-0.25, -0.2) is 0 Å². The molecule has 0 aromatic rings. The van der Waals surface area contributed by atoms with Crippen LogP contribution in [0.25, 0.3) is 0 Å². The molecular formula is C14H23NO. The van der Waals surface area contributed by atoms with Crippen molar-refractivity contribution in [2.24, 2.45) is 23.7 Å². The van der Waals surface area contributed by atoms with Crippen LogP contribution in [0, 0.1) is 23.7 Å². The highest BCUT2D eigenvalue weighted by atomic mass is 16.7. The summed E-state index contributed by atoms with van der Waals surface area (Å²) in [5.74, 6) is 3.82. The summed E-state index contributed by atoms with van der Waals surface area (Å²) in [7, 11) is 0. The van der Waals surface area contributed by atoms with Crippen molar-refractivity contribution < 1.29 is 4.84 Å². The Hall–Kier alpha value is -0.0800. The van der Waals surface area contributed by atoms with Gasteiger partial charge in [0.1, 0.15) is 0 Å². The Morgan fingerprint density at radius 3 is 2.50 bits per heavy atom. The van der Waals surface area contributed by atoms with Crippen molar-refractivity contribution in [1.29, 1.82) is 0 Å². The first-order valence-electron chi connectivity index (χ1n) is 7.00. The van der Waals surface area contributed by atoms with Crippen LogP contribution in [0.5, 0.6) is 0 Å². The molecule has 1 saturated heterocycles. The zero-order valence-electron chi connectivity index (χ0n) is 10.6. The molecule has 4 fully saturated rings. The Kier molecular flexibility index (Phi) is 1.76. The maximum Gasteiger partial charge on any atom is 0.0842 e. The molecule has 6 atom stereocenters. The van der Waals surface area contributed by atoms with Gasteiger partial charge < -0.3 is 0 Å². The van der Waals surface area contributed by atoms with E-state index in [1.807, 2.05) is 0 Å². The summed E-state index contributed by atoms with van der Waals surface area (Å²) in [6, 6.07) is 0.752. The van der Waals surface area contributed by atoms with Gasteiger partial charge in [-0.1, -0.05) is 0 Å². The Labute approximate surface area is 98.3 Å². The smallest absolute Gasteiger partial charge is 0.0842 e. The van der Waals surface area contributed by atoms with Crippen LogP contribution < -0.4 is 0 Å². The van der Waals surface area contributed by atoms with E-state index in [0.29, 0.717) is 6.10 Å². The van der Waals surface area contributed by atoms with Gasteiger partial charge in [0.05, 0.1) is 6.10 Å². The summed E-state index contributed by atoms with van der Waals surface area (Å²) in [4.78, 5) is 6.30. The van der Waals surface area contributed by atoms with E-state index in [2.05, 4.69) is 25.8 Å². The van der Waals surface area contributed by atoms with Crippen molar-refractivity contribution in [2.75, 3.05) is 0 Å². The van der Waals surface area contributed by atoms with Crippen LogP contribution in [0.4, 0.5) is 0 Å². The van der Waals surface area contributed by atoms with Gasteiger partial charge in [-0.3, -0.25) is 4.84 Å². The fraction of sp³-hybridized carbons (Fsp3) is 1.00. The molecule has 4 rings (SSSR count). The highest BCUT2D eigenvalue weighted by Gasteiger charge is 2.62. The topological polar surface area (TPSA) is 12.5 Å². The van der Waals surface area contributed by atoms with Crippen LogP contribution in [-0.4, -0.2) is 22.7 Å². The molecule has 3 aliphatic carbocycles. The van der Waals surface area contributed by atoms with Crippen molar-refractivity contribution in [2.45, 2.75) is 64.1 Å². The molecule has 0 aromatic heterocycles. The maximum absolute atomic E-state index is 6.30. The van der Waals surface area contributed by atoms with Gasteiger partial charge in [-0.05, 0) is 64.2 Å². The Bertz CT molecular complexity index is 317. The van der Waals surface area contributed by atoms with Gasteiger partial charge >= 0.3 is 0 Å². The van der Waals surface area contributed by atoms with E-state index < -0.39 is 0 Å². The Balaban J connectivity index is 1.74. The SMILES string of the molecule is CC(C)(C)N1OC2CC3CC4CC(C3)C1C42. The lowest BCUT2D eigenvalue weighted by atomic mass is 9.71. The molecule has 0 spiro atoms. The first-order valence-corrected chi connectivity index (χ1v) is 7.00. The molecule has 0 aromatic carbocycles. The Morgan fingerprint density at radius 1 is 1.00 bits per heavy atom. The number of hydrogen-bond donors (Lipinski definition) is 0. The van der Waals surface area contributed by atoms with Crippen LogP contribution in [0.2, 0.25) is 0 Å². The minimum atomic E-state index is 0.183. The molecule has 16 heavy (non-hydrogen) atoms. The molecule has 2 nitrogen and oxygen atoms in total. The van der Waals surface area contributed by atoms with Gasteiger partial charge in [0.25, 0.3) is 0 Å². The fourth-order valence-electron chi connectivity index (χ4n) is 5.20. The molecule has 3 bridgehead atoms. The first-order chi connectivity index (χ1) is 7.54. The standard InChI is InChI=1S/C14H23NO/c1-14(2,3)15-13-10-5-8-4-9(7-10)12(13)11(6-8)16-15/h8-13H,4-7H2,1-3H3. The zero-order valence-corrected chi connectivity index (χ0v) is 10.6. The fourth-order valence-corrected chi connectivity index (χ4v) is 5.20. The molecule has 0 N–H and O–H groups in total. The van der Waals surface area contributed by atoms with Gasteiger partial charge in [-0.15, -0.1) is 0 Å². The predicted molar refractivity (Wildman–Crippen MR) is 62.7 cm³/mol. The maximum atomic E-state index is 6.30. The van der Waals surface area contributed by atoms with E-state index in [1.165, 1.54) is 25.7 Å². The van der Waals surface area contributed by atoms with E-state index in [4.69, 9.17) is 4.84 Å². The monoisotopic (exact) mass is 221 g/mol. The third-order valence-corrected chi connectivity index (χ3v) is 5.48. The van der Waals surface area contributed by atoms with Gasteiger partial charge in [0.15, 0.2) is 0 Å². The summed E-state index contributed by atoms with van der Waals surface area (Å²) >= 11 is 0. The average molecular weight is 221 g/mol. The van der Waals surface area contributed by atoms with Gasteiger partial charge in [-0.2, -0.15) is 5.06 Å². The van der Waals surface area contributed by atoms with Crippen LogP contribution in [-0.2, 0) is 4.84 Å². The highest BCUT2D eigenvalue weighted by molar-refractivity contribution is 5.10. The summed E-state index contributed by atoms with van der Waals surface area (Å²) in [5, 5.41) is 2.38. The molecule has 2 heteroatoms. The van der Waals surface area contributed by atoms with E-state index in [9.17, 15) is 0 Å². The quantitative estimate of drug-likeness (QED) is 0.623. The second-order valence-corrected chi connectivity index (χ2v) is 7.54. The lowest BCUT2D eigenvalue weighted by Crippen LogP contribution is -2.47. The molecule has 1 heterocycles. The molecule has 90 valence electrons. The number of fused-ring (bicyclic) bond motifs is 3. The lowest BCUT2D eigenvalue weighted by molar-refractivity contribution is -0.233. The molecular weight excluding hydrogens is 198 g/mol. The molecule has 4 aliphatic rings. The van der Waals surface area contributed by atoms with E-state index in [0.717, 1.165) is 29.7 Å². The van der Waals surface area contributed by atoms with Crippen LogP contribution >= 0.6 is 0 Å². The first kappa shape index (κ1) is 9.90. The number of rotatable bonds is 0. The highest BCUT2D eigenvalue weighted by Crippen LogP contribution is 2.61. The Morgan fingerprint density at radius 2 is 1.75 bits per heavy atom. The average Bonchev–Trinajstić information content (AvgIpc) is 2.62. The second kappa shape index (κ2) is 2.84. The summed E-state index contributed by atoms with van der Waals surface area (Å²) < 4.78 is 0. The summed E-state index contributed by atoms with van der Waals surface area (Å²) in [6.45, 7) is 6.90. The largest absolute Gasteiger partial charge is 0.295 e. The zero-order chi connectivity index (χ0) is 11.1. The van der Waals surface area contributed by atoms with Crippen molar-refractivity contribution >= 4 is 0 Å². The van der Waals surface area contributed by atoms with E-state index >= 15 is 0 Å². The number of hydrogen-bond acceptors (Lipinski definition) is 2. The predicted octanol–water partition coefficient (Wildman–Crippen LogP) is 2.84. The van der Waals surface area contributed by atoms with Crippen molar-refractivity contribution in [3.63, 3.8) is 0 Å². The molecule has 0 radical (unpaired) electrons.